The molecular formula is C17H31IN4O2S. The molecule has 0 spiro atoms. The van der Waals surface area contributed by atoms with E-state index in [1.165, 1.54) is 4.88 Å². The number of rotatable bonds is 11. The summed E-state index contributed by atoms with van der Waals surface area (Å²) in [5.41, 5.74) is 0. The zero-order valence-electron chi connectivity index (χ0n) is 15.4. The van der Waals surface area contributed by atoms with Crippen molar-refractivity contribution in [3.63, 3.8) is 0 Å². The minimum absolute atomic E-state index is 0. The zero-order chi connectivity index (χ0) is 17.6. The molecule has 2 N–H and O–H groups in total. The number of amides is 1. The lowest BCUT2D eigenvalue weighted by Crippen LogP contribution is -2.38. The fraction of sp³-hybridized carbons (Fsp3) is 0.647. The van der Waals surface area contributed by atoms with Gasteiger partial charge in [-0.2, -0.15) is 0 Å². The summed E-state index contributed by atoms with van der Waals surface area (Å²) in [6.45, 7) is 5.32. The van der Waals surface area contributed by atoms with Gasteiger partial charge in [0.1, 0.15) is 6.54 Å². The number of aliphatic imine (C=N–C) groups is 1. The molecule has 0 radical (unpaired) electrons. The molecule has 0 fully saturated rings. The molecule has 1 aromatic rings. The van der Waals surface area contributed by atoms with Crippen LogP contribution >= 0.6 is 35.3 Å². The van der Waals surface area contributed by atoms with Gasteiger partial charge >= 0.3 is 0 Å². The van der Waals surface area contributed by atoms with Crippen molar-refractivity contribution in [2.75, 3.05) is 40.4 Å². The van der Waals surface area contributed by atoms with Crippen molar-refractivity contribution >= 4 is 47.2 Å². The van der Waals surface area contributed by atoms with Crippen molar-refractivity contribution in [1.29, 1.82) is 0 Å². The van der Waals surface area contributed by atoms with Crippen molar-refractivity contribution in [2.24, 2.45) is 4.99 Å². The molecule has 0 bridgehead atoms. The van der Waals surface area contributed by atoms with Crippen LogP contribution in [0.4, 0.5) is 0 Å². The van der Waals surface area contributed by atoms with Crippen molar-refractivity contribution in [3.05, 3.63) is 22.4 Å². The Kier molecular flexibility index (Phi) is 14.9. The highest BCUT2D eigenvalue weighted by Crippen LogP contribution is 2.07. The predicted molar refractivity (Wildman–Crippen MR) is 116 cm³/mol. The first-order chi connectivity index (χ1) is 11.6. The number of likely N-dealkylation sites (N-methyl/N-ethyl adjacent to an activating group) is 1. The van der Waals surface area contributed by atoms with E-state index in [1.54, 1.807) is 30.3 Å². The van der Waals surface area contributed by atoms with Crippen LogP contribution in [0.2, 0.25) is 0 Å². The number of thiophene rings is 1. The van der Waals surface area contributed by atoms with E-state index in [0.29, 0.717) is 12.5 Å². The van der Waals surface area contributed by atoms with Crippen molar-refractivity contribution in [1.82, 2.24) is 15.5 Å². The second kappa shape index (κ2) is 15.4. The van der Waals surface area contributed by atoms with Gasteiger partial charge in [0.05, 0.1) is 6.54 Å². The van der Waals surface area contributed by atoms with Crippen LogP contribution in [0.15, 0.2) is 22.5 Å². The molecule has 0 saturated heterocycles. The predicted octanol–water partition coefficient (Wildman–Crippen LogP) is 2.70. The smallest absolute Gasteiger partial charge is 0.243 e. The maximum absolute atomic E-state index is 11.7. The zero-order valence-corrected chi connectivity index (χ0v) is 18.6. The summed E-state index contributed by atoms with van der Waals surface area (Å²) >= 11 is 1.69. The van der Waals surface area contributed by atoms with Gasteiger partial charge in [-0.1, -0.05) is 19.4 Å². The lowest BCUT2D eigenvalue weighted by molar-refractivity contribution is -0.127. The first-order valence-electron chi connectivity index (χ1n) is 8.46. The van der Waals surface area contributed by atoms with E-state index in [-0.39, 0.29) is 36.4 Å². The molecular weight excluding hydrogens is 451 g/mol. The van der Waals surface area contributed by atoms with E-state index in [0.717, 1.165) is 39.0 Å². The first kappa shape index (κ1) is 24.1. The third-order valence-electron chi connectivity index (χ3n) is 3.28. The monoisotopic (exact) mass is 482 g/mol. The van der Waals surface area contributed by atoms with Gasteiger partial charge in [0, 0.05) is 38.7 Å². The highest BCUT2D eigenvalue weighted by molar-refractivity contribution is 14.0. The molecule has 8 heteroatoms. The van der Waals surface area contributed by atoms with Crippen LogP contribution < -0.4 is 10.6 Å². The molecule has 0 aromatic carbocycles. The Labute approximate surface area is 172 Å². The van der Waals surface area contributed by atoms with E-state index in [4.69, 9.17) is 4.74 Å². The summed E-state index contributed by atoms with van der Waals surface area (Å²) in [6, 6.07) is 4.09. The number of hydrogen-bond acceptors (Lipinski definition) is 4. The van der Waals surface area contributed by atoms with Gasteiger partial charge in [-0.25, -0.2) is 4.99 Å². The van der Waals surface area contributed by atoms with E-state index in [9.17, 15) is 4.79 Å². The molecule has 0 saturated carbocycles. The molecule has 0 aliphatic rings. The van der Waals surface area contributed by atoms with E-state index in [2.05, 4.69) is 28.6 Å². The van der Waals surface area contributed by atoms with Crippen LogP contribution in [0.5, 0.6) is 0 Å². The quantitative estimate of drug-likeness (QED) is 0.220. The second-order valence-corrected chi connectivity index (χ2v) is 6.66. The van der Waals surface area contributed by atoms with Gasteiger partial charge in [0.25, 0.3) is 0 Å². The van der Waals surface area contributed by atoms with E-state index in [1.807, 2.05) is 11.4 Å². The molecule has 1 rings (SSSR count). The summed E-state index contributed by atoms with van der Waals surface area (Å²) in [4.78, 5) is 18.8. The van der Waals surface area contributed by atoms with Gasteiger partial charge < -0.3 is 20.3 Å². The fourth-order valence-electron chi connectivity index (χ4n) is 1.78. The molecule has 25 heavy (non-hydrogen) atoms. The van der Waals surface area contributed by atoms with Crippen LogP contribution in [0, 0.1) is 0 Å². The highest BCUT2D eigenvalue weighted by Gasteiger charge is 2.05. The van der Waals surface area contributed by atoms with Crippen LogP contribution in [-0.4, -0.2) is 57.2 Å². The standard InChI is InChI=1S/C17H30N4O2S.HI/c1-4-5-10-23-11-7-9-18-17(20-14-16(22)21(2)3)19-13-15-8-6-12-24-15;/h6,8,12H,4-5,7,9-11,13-14H2,1-3H3,(H2,18,19,20);1H. The molecule has 1 aromatic heterocycles. The molecule has 0 aliphatic carbocycles. The summed E-state index contributed by atoms with van der Waals surface area (Å²) in [7, 11) is 3.47. The van der Waals surface area contributed by atoms with Gasteiger partial charge in [-0.05, 0) is 24.3 Å². The second-order valence-electron chi connectivity index (χ2n) is 5.63. The Morgan fingerprint density at radius 2 is 2.04 bits per heavy atom. The van der Waals surface area contributed by atoms with E-state index >= 15 is 0 Å². The van der Waals surface area contributed by atoms with Crippen LogP contribution in [0.25, 0.3) is 0 Å². The Bertz CT molecular complexity index is 481. The lowest BCUT2D eigenvalue weighted by atomic mass is 10.4. The third kappa shape index (κ3) is 12.2. The lowest BCUT2D eigenvalue weighted by Gasteiger charge is -2.13. The number of unbranched alkanes of at least 4 members (excludes halogenated alkanes) is 1. The van der Waals surface area contributed by atoms with Gasteiger partial charge in [-0.15, -0.1) is 35.3 Å². The number of halogens is 1. The van der Waals surface area contributed by atoms with Crippen molar-refractivity contribution < 1.29 is 9.53 Å². The summed E-state index contributed by atoms with van der Waals surface area (Å²) < 4.78 is 5.55. The minimum atomic E-state index is -0.0184. The van der Waals surface area contributed by atoms with Crippen LogP contribution in [0.1, 0.15) is 31.1 Å². The first-order valence-corrected chi connectivity index (χ1v) is 9.34. The number of nitrogens with one attached hydrogen (secondary N) is 2. The molecule has 6 nitrogen and oxygen atoms in total. The number of carbonyl (C=O) groups is 1. The molecule has 0 aliphatic heterocycles. The number of guanidine groups is 1. The topological polar surface area (TPSA) is 66.0 Å². The Morgan fingerprint density at radius 1 is 1.28 bits per heavy atom. The van der Waals surface area contributed by atoms with Gasteiger partial charge in [0.2, 0.25) is 5.91 Å². The SMILES string of the molecule is CCCCOCCCNC(=NCC(=O)N(C)C)NCc1cccs1.I. The van der Waals surface area contributed by atoms with Crippen molar-refractivity contribution in [2.45, 2.75) is 32.7 Å². The largest absolute Gasteiger partial charge is 0.381 e. The van der Waals surface area contributed by atoms with Gasteiger partial charge in [0.15, 0.2) is 5.96 Å². The maximum Gasteiger partial charge on any atom is 0.243 e. The average molecular weight is 482 g/mol. The summed E-state index contributed by atoms with van der Waals surface area (Å²) in [5, 5.41) is 8.57. The highest BCUT2D eigenvalue weighted by atomic mass is 127. The number of hydrogen-bond donors (Lipinski definition) is 2. The summed E-state index contributed by atoms with van der Waals surface area (Å²) in [5.74, 6) is 0.641. The van der Waals surface area contributed by atoms with Crippen LogP contribution in [-0.2, 0) is 16.1 Å². The van der Waals surface area contributed by atoms with Crippen LogP contribution in [0.3, 0.4) is 0 Å². The van der Waals surface area contributed by atoms with E-state index < -0.39 is 0 Å². The normalized spacial score (nSPS) is 10.9. The summed E-state index contributed by atoms with van der Waals surface area (Å²) in [6.07, 6.45) is 3.17. The Hall–Kier alpha value is -0.870. The molecule has 0 unspecified atom stereocenters. The van der Waals surface area contributed by atoms with Gasteiger partial charge in [-0.3, -0.25) is 4.79 Å². The molecule has 1 amide bonds. The molecule has 144 valence electrons. The molecule has 0 atom stereocenters. The fourth-order valence-corrected chi connectivity index (χ4v) is 2.42. The minimum Gasteiger partial charge on any atom is -0.381 e. The van der Waals surface area contributed by atoms with Crippen molar-refractivity contribution in [3.8, 4) is 0 Å². The average Bonchev–Trinajstić information content (AvgIpc) is 3.08. The molecule has 1 heterocycles. The third-order valence-corrected chi connectivity index (χ3v) is 4.16. The number of nitrogens with zero attached hydrogens (tertiary/aromatic N) is 2. The number of carbonyl (C=O) groups excluding carboxylic acids is 1. The number of ether oxygens (including phenoxy) is 1. The maximum atomic E-state index is 11.7. The Balaban J connectivity index is 0.00000576. The Morgan fingerprint density at radius 3 is 2.68 bits per heavy atom.